The van der Waals surface area contributed by atoms with Crippen LogP contribution in [0.25, 0.3) is 11.0 Å². The molecule has 0 spiro atoms. The van der Waals surface area contributed by atoms with Gasteiger partial charge in [-0.15, -0.1) is 11.6 Å². The Morgan fingerprint density at radius 3 is 2.88 bits per heavy atom. The van der Waals surface area contributed by atoms with Crippen LogP contribution >= 0.6 is 11.6 Å². The van der Waals surface area contributed by atoms with E-state index in [-0.39, 0.29) is 0 Å². The molecule has 1 heterocycles. The molecule has 2 nitrogen and oxygen atoms in total. The van der Waals surface area contributed by atoms with E-state index >= 15 is 0 Å². The summed E-state index contributed by atoms with van der Waals surface area (Å²) in [6.45, 7) is 5.23. The van der Waals surface area contributed by atoms with Gasteiger partial charge in [-0.2, -0.15) is 0 Å². The molecule has 1 aromatic heterocycles. The van der Waals surface area contributed by atoms with E-state index in [1.807, 2.05) is 6.07 Å². The highest BCUT2D eigenvalue weighted by Crippen LogP contribution is 2.26. The van der Waals surface area contributed by atoms with Gasteiger partial charge in [-0.25, -0.2) is 0 Å². The van der Waals surface area contributed by atoms with Crippen LogP contribution in [0.4, 0.5) is 0 Å². The minimum absolute atomic E-state index is 0.311. The van der Waals surface area contributed by atoms with Crippen molar-refractivity contribution in [1.29, 1.82) is 0 Å². The number of fused-ring (bicyclic) bond motifs is 1. The smallest absolute Gasteiger partial charge is 0.134 e. The summed E-state index contributed by atoms with van der Waals surface area (Å²) < 4.78 is 5.43. The van der Waals surface area contributed by atoms with E-state index in [1.165, 1.54) is 5.56 Å². The minimum atomic E-state index is 0.311. The van der Waals surface area contributed by atoms with Gasteiger partial charge in [0.1, 0.15) is 5.58 Å². The van der Waals surface area contributed by atoms with E-state index in [9.17, 15) is 0 Å². The van der Waals surface area contributed by atoms with Crippen molar-refractivity contribution in [3.05, 3.63) is 36.1 Å². The Bertz CT molecular complexity index is 480. The molecule has 0 aliphatic carbocycles. The summed E-state index contributed by atoms with van der Waals surface area (Å²) in [6.07, 6.45) is 1.72. The van der Waals surface area contributed by atoms with Crippen molar-refractivity contribution in [2.75, 3.05) is 12.4 Å². The van der Waals surface area contributed by atoms with Gasteiger partial charge in [0.05, 0.1) is 6.26 Å². The van der Waals surface area contributed by atoms with E-state index in [0.29, 0.717) is 17.8 Å². The van der Waals surface area contributed by atoms with Crippen molar-refractivity contribution in [2.24, 2.45) is 0 Å². The standard InChI is InChI=1S/C14H18ClNO/c1-3-16-10(2)13(9-15)12-5-4-11-6-7-17-14(11)8-12/h4-8,10,13,16H,3,9H2,1-2H3. The molecule has 3 heteroatoms. The number of alkyl halides is 1. The van der Waals surface area contributed by atoms with Crippen molar-refractivity contribution in [2.45, 2.75) is 25.8 Å². The second-order valence-corrected chi connectivity index (χ2v) is 4.63. The number of likely N-dealkylation sites (N-methyl/N-ethyl adjacent to an activating group) is 1. The Morgan fingerprint density at radius 1 is 1.35 bits per heavy atom. The molecule has 0 aliphatic rings. The molecule has 0 radical (unpaired) electrons. The number of hydrogen-bond acceptors (Lipinski definition) is 2. The van der Waals surface area contributed by atoms with Gasteiger partial charge in [-0.05, 0) is 31.2 Å². The van der Waals surface area contributed by atoms with Gasteiger partial charge in [-0.3, -0.25) is 0 Å². The van der Waals surface area contributed by atoms with Crippen molar-refractivity contribution in [1.82, 2.24) is 5.32 Å². The first kappa shape index (κ1) is 12.5. The van der Waals surface area contributed by atoms with Gasteiger partial charge in [0.15, 0.2) is 0 Å². The Labute approximate surface area is 107 Å². The van der Waals surface area contributed by atoms with Crippen molar-refractivity contribution in [3.8, 4) is 0 Å². The number of nitrogens with one attached hydrogen (secondary N) is 1. The zero-order valence-electron chi connectivity index (χ0n) is 10.2. The second kappa shape index (κ2) is 5.56. The molecule has 0 amide bonds. The summed E-state index contributed by atoms with van der Waals surface area (Å²) >= 11 is 6.09. The topological polar surface area (TPSA) is 25.2 Å². The van der Waals surface area contributed by atoms with Crippen molar-refractivity contribution < 1.29 is 4.42 Å². The van der Waals surface area contributed by atoms with Crippen LogP contribution in [0.5, 0.6) is 0 Å². The molecule has 1 aromatic carbocycles. The number of benzene rings is 1. The molecular formula is C14H18ClNO. The van der Waals surface area contributed by atoms with Crippen molar-refractivity contribution in [3.63, 3.8) is 0 Å². The van der Waals surface area contributed by atoms with Crippen molar-refractivity contribution >= 4 is 22.6 Å². The molecule has 0 saturated heterocycles. The summed E-state index contributed by atoms with van der Waals surface area (Å²) in [6, 6.07) is 8.66. The number of hydrogen-bond donors (Lipinski definition) is 1. The maximum absolute atomic E-state index is 6.09. The van der Waals surface area contributed by atoms with Gasteiger partial charge in [0.2, 0.25) is 0 Å². The van der Waals surface area contributed by atoms with Gasteiger partial charge in [-0.1, -0.05) is 19.1 Å². The summed E-state index contributed by atoms with van der Waals surface area (Å²) in [4.78, 5) is 0. The van der Waals surface area contributed by atoms with Crippen LogP contribution in [-0.2, 0) is 0 Å². The second-order valence-electron chi connectivity index (χ2n) is 4.33. The lowest BCUT2D eigenvalue weighted by atomic mass is 9.93. The normalized spacial score (nSPS) is 15.0. The van der Waals surface area contributed by atoms with Crippen LogP contribution in [0.2, 0.25) is 0 Å². The van der Waals surface area contributed by atoms with Crippen LogP contribution in [0, 0.1) is 0 Å². The molecular weight excluding hydrogens is 234 g/mol. The first-order chi connectivity index (χ1) is 8.26. The van der Waals surface area contributed by atoms with Gasteiger partial charge < -0.3 is 9.73 Å². The molecule has 17 heavy (non-hydrogen) atoms. The summed E-state index contributed by atoms with van der Waals surface area (Å²) in [5.74, 6) is 0.923. The molecule has 1 N–H and O–H groups in total. The zero-order chi connectivity index (χ0) is 12.3. The summed E-state index contributed by atoms with van der Waals surface area (Å²) in [5.41, 5.74) is 2.16. The third-order valence-electron chi connectivity index (χ3n) is 3.20. The average molecular weight is 252 g/mol. The number of halogens is 1. The lowest BCUT2D eigenvalue weighted by Crippen LogP contribution is -2.32. The maximum atomic E-state index is 6.09. The number of furan rings is 1. The molecule has 0 bridgehead atoms. The van der Waals surface area contributed by atoms with E-state index < -0.39 is 0 Å². The number of rotatable bonds is 5. The van der Waals surface area contributed by atoms with Gasteiger partial charge in [0, 0.05) is 23.2 Å². The van der Waals surface area contributed by atoms with E-state index in [1.54, 1.807) is 6.26 Å². The SMILES string of the molecule is CCNC(C)C(CCl)c1ccc2ccoc2c1. The van der Waals surface area contributed by atoms with Crippen LogP contribution in [0.1, 0.15) is 25.3 Å². The Morgan fingerprint density at radius 2 is 2.18 bits per heavy atom. The highest BCUT2D eigenvalue weighted by atomic mass is 35.5. The fourth-order valence-electron chi connectivity index (χ4n) is 2.18. The van der Waals surface area contributed by atoms with Crippen LogP contribution in [0.3, 0.4) is 0 Å². The Hall–Kier alpha value is -0.990. The monoisotopic (exact) mass is 251 g/mol. The lowest BCUT2D eigenvalue weighted by Gasteiger charge is -2.22. The summed E-state index contributed by atoms with van der Waals surface area (Å²) in [7, 11) is 0. The molecule has 0 fully saturated rings. The highest BCUT2D eigenvalue weighted by Gasteiger charge is 2.18. The molecule has 0 saturated carbocycles. The largest absolute Gasteiger partial charge is 0.464 e. The first-order valence-corrected chi connectivity index (χ1v) is 6.56. The van der Waals surface area contributed by atoms with E-state index in [4.69, 9.17) is 16.0 Å². The van der Waals surface area contributed by atoms with Gasteiger partial charge >= 0.3 is 0 Å². The molecule has 0 aliphatic heterocycles. The molecule has 2 unspecified atom stereocenters. The predicted molar refractivity (Wildman–Crippen MR) is 72.8 cm³/mol. The fraction of sp³-hybridized carbons (Fsp3) is 0.429. The van der Waals surface area contributed by atoms with E-state index in [0.717, 1.165) is 17.5 Å². The molecule has 2 aromatic rings. The van der Waals surface area contributed by atoms with E-state index in [2.05, 4.69) is 37.4 Å². The van der Waals surface area contributed by atoms with Crippen LogP contribution < -0.4 is 5.32 Å². The quantitative estimate of drug-likeness (QED) is 0.819. The predicted octanol–water partition coefficient (Wildman–Crippen LogP) is 3.75. The Kier molecular flexibility index (Phi) is 4.08. The third kappa shape index (κ3) is 2.64. The Balaban J connectivity index is 2.28. The first-order valence-electron chi connectivity index (χ1n) is 6.02. The zero-order valence-corrected chi connectivity index (χ0v) is 11.0. The minimum Gasteiger partial charge on any atom is -0.464 e. The molecule has 2 atom stereocenters. The average Bonchev–Trinajstić information content (AvgIpc) is 2.77. The fourth-order valence-corrected chi connectivity index (χ4v) is 2.62. The lowest BCUT2D eigenvalue weighted by molar-refractivity contribution is 0.498. The van der Waals surface area contributed by atoms with Gasteiger partial charge in [0.25, 0.3) is 0 Å². The molecule has 2 rings (SSSR count). The van der Waals surface area contributed by atoms with Crippen LogP contribution in [0.15, 0.2) is 34.9 Å². The highest BCUT2D eigenvalue weighted by molar-refractivity contribution is 6.18. The van der Waals surface area contributed by atoms with Crippen LogP contribution in [-0.4, -0.2) is 18.5 Å². The maximum Gasteiger partial charge on any atom is 0.134 e. The summed E-state index contributed by atoms with van der Waals surface area (Å²) in [5, 5.41) is 4.56. The third-order valence-corrected chi connectivity index (χ3v) is 3.54. The molecule has 92 valence electrons.